The Morgan fingerprint density at radius 3 is 1.23 bits per heavy atom. The molecule has 0 aliphatic heterocycles. The lowest BCUT2D eigenvalue weighted by Gasteiger charge is -2.42. The van der Waals surface area contributed by atoms with Crippen molar-refractivity contribution in [3.8, 4) is 57.0 Å². The van der Waals surface area contributed by atoms with Crippen LogP contribution in [0.25, 0.3) is 22.5 Å². The van der Waals surface area contributed by atoms with Crippen molar-refractivity contribution in [2.75, 3.05) is 85.6 Å². The first-order chi connectivity index (χ1) is 24.5. The van der Waals surface area contributed by atoms with Gasteiger partial charge in [0, 0.05) is 38.4 Å². The number of nitrogens with zero attached hydrogens (tertiary/aromatic N) is 4. The van der Waals surface area contributed by atoms with Crippen LogP contribution in [0.2, 0.25) is 0 Å². The number of hydrogen-bond donors (Lipinski definition) is 0. The lowest BCUT2D eigenvalue weighted by molar-refractivity contribution is -0.0930. The largest absolute Gasteiger partial charge is 0.496 e. The monoisotopic (exact) mass is 762 g/mol. The van der Waals surface area contributed by atoms with Gasteiger partial charge in [0.05, 0.1) is 108 Å². The summed E-state index contributed by atoms with van der Waals surface area (Å²) < 4.78 is 94.9. The molecule has 0 aliphatic carbocycles. The molecule has 18 heteroatoms. The fraction of sp³-hybridized carbons (Fsp3) is 0.353. The molecule has 4 rings (SSSR count). The van der Waals surface area contributed by atoms with Gasteiger partial charge in [-0.2, -0.15) is 16.8 Å². The molecular formula is C34H42N4O12S2. The number of pyridine rings is 2. The predicted molar refractivity (Wildman–Crippen MR) is 195 cm³/mol. The van der Waals surface area contributed by atoms with Gasteiger partial charge >= 0.3 is 5.91 Å². The highest BCUT2D eigenvalue weighted by Gasteiger charge is 2.46. The van der Waals surface area contributed by atoms with Crippen molar-refractivity contribution >= 4 is 31.6 Å². The van der Waals surface area contributed by atoms with Crippen LogP contribution in [0.3, 0.4) is 0 Å². The van der Waals surface area contributed by atoms with Crippen LogP contribution in [0.1, 0.15) is 0 Å². The lowest BCUT2D eigenvalue weighted by atomic mass is 10.1. The van der Waals surface area contributed by atoms with E-state index in [1.165, 1.54) is 71.9 Å². The van der Waals surface area contributed by atoms with E-state index in [1.54, 1.807) is 55.6 Å². The number of aromatic nitrogens is 2. The van der Waals surface area contributed by atoms with Gasteiger partial charge in [-0.25, -0.2) is 8.37 Å². The van der Waals surface area contributed by atoms with E-state index in [9.17, 15) is 16.8 Å². The number of likely N-dealkylation sites (N-methyl/N-ethyl adjacent to an activating group) is 2. The quantitative estimate of drug-likeness (QED) is 0.111. The predicted octanol–water partition coefficient (Wildman–Crippen LogP) is 4.04. The standard InChI is InChI=1S/C34H42N4O12S2/c1-37(22-11-13-26(35-19-22)32-28(45-5)15-24(43-3)16-29(32)46-6)21-34(49-51(9,39)40,50-52(10,41)42)38(2)23-12-14-27(36-20-23)33-30(47-7)17-25(44-4)18-31(33)48-8/h11-20H,21H2,1-10H3. The zero-order chi connectivity index (χ0) is 38.4. The second-order valence-electron chi connectivity index (χ2n) is 11.3. The van der Waals surface area contributed by atoms with Gasteiger partial charge in [-0.3, -0.25) is 9.97 Å². The zero-order valence-corrected chi connectivity index (χ0v) is 32.1. The van der Waals surface area contributed by atoms with Gasteiger partial charge in [-0.1, -0.05) is 0 Å². The average molecular weight is 763 g/mol. The van der Waals surface area contributed by atoms with Crippen molar-refractivity contribution in [2.45, 2.75) is 5.91 Å². The van der Waals surface area contributed by atoms with E-state index in [0.717, 1.165) is 12.5 Å². The van der Waals surface area contributed by atoms with Gasteiger partial charge in [-0.05, 0) is 24.3 Å². The van der Waals surface area contributed by atoms with Crippen molar-refractivity contribution in [3.63, 3.8) is 0 Å². The Kier molecular flexibility index (Phi) is 12.3. The second-order valence-corrected chi connectivity index (χ2v) is 14.5. The molecule has 0 radical (unpaired) electrons. The summed E-state index contributed by atoms with van der Waals surface area (Å²) in [6, 6.07) is 13.3. The van der Waals surface area contributed by atoms with Gasteiger partial charge in [0.15, 0.2) is 0 Å². The molecule has 16 nitrogen and oxygen atoms in total. The molecule has 0 bridgehead atoms. The van der Waals surface area contributed by atoms with E-state index in [4.69, 9.17) is 36.8 Å². The normalized spacial score (nSPS) is 11.8. The molecule has 0 aliphatic rings. The summed E-state index contributed by atoms with van der Waals surface area (Å²) in [6.07, 6.45) is 4.49. The molecule has 0 atom stereocenters. The molecule has 52 heavy (non-hydrogen) atoms. The Balaban J connectivity index is 1.76. The minimum absolute atomic E-state index is 0.239. The summed E-state index contributed by atoms with van der Waals surface area (Å²) in [5.41, 5.74) is 2.70. The Morgan fingerprint density at radius 1 is 0.577 bits per heavy atom. The summed E-state index contributed by atoms with van der Waals surface area (Å²) in [5, 5.41) is 0. The van der Waals surface area contributed by atoms with Gasteiger partial charge in [0.1, 0.15) is 34.5 Å². The van der Waals surface area contributed by atoms with Gasteiger partial charge < -0.3 is 38.2 Å². The highest BCUT2D eigenvalue weighted by molar-refractivity contribution is 7.86. The minimum atomic E-state index is -4.35. The van der Waals surface area contributed by atoms with Crippen LogP contribution in [-0.2, 0) is 28.6 Å². The maximum absolute atomic E-state index is 12.7. The summed E-state index contributed by atoms with van der Waals surface area (Å²) in [6.45, 7) is -0.457. The summed E-state index contributed by atoms with van der Waals surface area (Å²) in [4.78, 5) is 11.9. The molecular weight excluding hydrogens is 721 g/mol. The van der Waals surface area contributed by atoms with Crippen molar-refractivity contribution in [1.82, 2.24) is 9.97 Å². The number of rotatable bonds is 17. The smallest absolute Gasteiger partial charge is 0.300 e. The number of ether oxygens (including phenoxy) is 6. The van der Waals surface area contributed by atoms with Crippen LogP contribution in [0.5, 0.6) is 34.5 Å². The second kappa shape index (κ2) is 16.1. The fourth-order valence-corrected chi connectivity index (χ4v) is 6.74. The summed E-state index contributed by atoms with van der Waals surface area (Å²) in [5.74, 6) is 0.319. The Labute approximate surface area is 304 Å². The topological polar surface area (TPSA) is 174 Å². The van der Waals surface area contributed by atoms with Crippen molar-refractivity contribution in [3.05, 3.63) is 60.9 Å². The average Bonchev–Trinajstić information content (AvgIpc) is 3.11. The molecule has 0 saturated carbocycles. The van der Waals surface area contributed by atoms with E-state index in [2.05, 4.69) is 9.97 Å². The number of methoxy groups -OCH3 is 6. The Morgan fingerprint density at radius 2 is 0.942 bits per heavy atom. The van der Waals surface area contributed by atoms with Crippen LogP contribution in [0.15, 0.2) is 60.9 Å². The third-order valence-corrected chi connectivity index (χ3v) is 8.90. The Bertz CT molecular complexity index is 1990. The van der Waals surface area contributed by atoms with E-state index >= 15 is 0 Å². The molecule has 2 aromatic heterocycles. The first-order valence-electron chi connectivity index (χ1n) is 15.3. The SMILES string of the molecule is COc1cc(OC)c(-c2ccc(N(C)CC(OS(C)(=O)=O)(OS(C)(=O)=O)N(C)c3ccc(-c4c(OC)cc(OC)cc4OC)nc3)cn2)c(OC)c1. The molecule has 4 aromatic rings. The van der Waals surface area contributed by atoms with E-state index < -0.39 is 32.7 Å². The van der Waals surface area contributed by atoms with Crippen LogP contribution in [0, 0.1) is 0 Å². The number of anilines is 2. The lowest BCUT2D eigenvalue weighted by Crippen LogP contribution is -2.59. The van der Waals surface area contributed by atoms with E-state index in [-0.39, 0.29) is 5.69 Å². The molecule has 0 saturated heterocycles. The fourth-order valence-electron chi connectivity index (χ4n) is 5.35. The number of hydrogen-bond acceptors (Lipinski definition) is 16. The molecule has 0 amide bonds. The summed E-state index contributed by atoms with van der Waals surface area (Å²) >= 11 is 0. The van der Waals surface area contributed by atoms with Crippen molar-refractivity contribution in [1.29, 1.82) is 0 Å². The number of benzene rings is 2. The zero-order valence-electron chi connectivity index (χ0n) is 30.5. The third kappa shape index (κ3) is 9.05. The molecule has 2 heterocycles. The Hall–Kier alpha value is -5.04. The molecule has 0 unspecified atom stereocenters. The minimum Gasteiger partial charge on any atom is -0.496 e. The third-order valence-electron chi connectivity index (χ3n) is 7.78. The van der Waals surface area contributed by atoms with Crippen LogP contribution >= 0.6 is 0 Å². The van der Waals surface area contributed by atoms with Gasteiger partial charge in [-0.15, -0.1) is 0 Å². The van der Waals surface area contributed by atoms with Crippen LogP contribution < -0.4 is 38.2 Å². The first-order valence-corrected chi connectivity index (χ1v) is 18.9. The molecule has 0 fully saturated rings. The summed E-state index contributed by atoms with van der Waals surface area (Å²) in [7, 11) is 3.35. The first kappa shape index (κ1) is 39.7. The molecule has 282 valence electrons. The molecule has 0 spiro atoms. The molecule has 0 N–H and O–H groups in total. The van der Waals surface area contributed by atoms with E-state index in [0.29, 0.717) is 62.7 Å². The van der Waals surface area contributed by atoms with Crippen molar-refractivity contribution in [2.24, 2.45) is 0 Å². The highest BCUT2D eigenvalue weighted by atomic mass is 32.2. The van der Waals surface area contributed by atoms with E-state index in [1.807, 2.05) is 0 Å². The van der Waals surface area contributed by atoms with Crippen molar-refractivity contribution < 1.29 is 53.6 Å². The van der Waals surface area contributed by atoms with Gasteiger partial charge in [0.25, 0.3) is 20.2 Å². The van der Waals surface area contributed by atoms with Crippen LogP contribution in [-0.4, -0.2) is 109 Å². The highest BCUT2D eigenvalue weighted by Crippen LogP contribution is 2.43. The van der Waals surface area contributed by atoms with Crippen LogP contribution in [0.4, 0.5) is 11.4 Å². The maximum atomic E-state index is 12.7. The van der Waals surface area contributed by atoms with Gasteiger partial charge in [0.2, 0.25) is 0 Å². The molecule has 2 aromatic carbocycles. The maximum Gasteiger partial charge on any atom is 0.300 e.